The van der Waals surface area contributed by atoms with Crippen molar-refractivity contribution < 1.29 is 9.47 Å². The number of hydrogen-bond acceptors (Lipinski definition) is 6. The molecule has 2 rings (SSSR count). The van der Waals surface area contributed by atoms with Crippen molar-refractivity contribution in [2.75, 3.05) is 38.3 Å². The van der Waals surface area contributed by atoms with E-state index >= 15 is 0 Å². The first kappa shape index (κ1) is 12.3. The number of rotatable bonds is 4. The molecular weight excluding hydrogens is 240 g/mol. The van der Waals surface area contributed by atoms with Crippen LogP contribution in [0.4, 0.5) is 5.13 Å². The zero-order valence-electron chi connectivity index (χ0n) is 9.73. The molecule has 0 aliphatic carbocycles. The Bertz CT molecular complexity index is 401. The van der Waals surface area contributed by atoms with Gasteiger partial charge in [-0.15, -0.1) is 0 Å². The van der Waals surface area contributed by atoms with Crippen LogP contribution >= 0.6 is 11.3 Å². The van der Waals surface area contributed by atoms with Crippen LogP contribution in [0.3, 0.4) is 0 Å². The van der Waals surface area contributed by atoms with Crippen molar-refractivity contribution in [3.63, 3.8) is 0 Å². The highest BCUT2D eigenvalue weighted by Gasteiger charge is 2.19. The van der Waals surface area contributed by atoms with Gasteiger partial charge in [0.1, 0.15) is 5.84 Å². The number of ether oxygens (including phenoxy) is 2. The van der Waals surface area contributed by atoms with E-state index in [0.29, 0.717) is 24.7 Å². The number of nitrogens with one attached hydrogen (secondary N) is 1. The van der Waals surface area contributed by atoms with Crippen molar-refractivity contribution in [2.24, 2.45) is 5.73 Å². The Morgan fingerprint density at radius 1 is 1.59 bits per heavy atom. The summed E-state index contributed by atoms with van der Waals surface area (Å²) in [6.45, 7) is 3.48. The molecule has 2 heterocycles. The highest BCUT2D eigenvalue weighted by atomic mass is 32.1. The standard InChI is InChI=1S/C10H16N4O2S/c1-15-6-7-8(9(11)12)17-10(13-7)14-2-4-16-5-3-14/h2-6H2,1H3,(H3,11,12). The molecule has 1 aliphatic heterocycles. The lowest BCUT2D eigenvalue weighted by molar-refractivity contribution is 0.122. The Balaban J connectivity index is 2.22. The minimum atomic E-state index is 0.0501. The van der Waals surface area contributed by atoms with Crippen LogP contribution in [0.15, 0.2) is 0 Å². The van der Waals surface area contributed by atoms with Crippen LogP contribution in [-0.4, -0.2) is 44.2 Å². The molecule has 17 heavy (non-hydrogen) atoms. The first-order chi connectivity index (χ1) is 8.22. The van der Waals surface area contributed by atoms with E-state index in [-0.39, 0.29) is 5.84 Å². The summed E-state index contributed by atoms with van der Waals surface area (Å²) in [5.41, 5.74) is 6.28. The highest BCUT2D eigenvalue weighted by molar-refractivity contribution is 7.17. The van der Waals surface area contributed by atoms with E-state index in [2.05, 4.69) is 9.88 Å². The second-order valence-corrected chi connectivity index (χ2v) is 4.70. The SMILES string of the molecule is COCc1nc(N2CCOCC2)sc1C(=N)N. The number of morpholine rings is 1. The lowest BCUT2D eigenvalue weighted by atomic mass is 10.3. The van der Waals surface area contributed by atoms with Crippen molar-refractivity contribution in [1.82, 2.24) is 4.98 Å². The van der Waals surface area contributed by atoms with E-state index in [1.54, 1.807) is 7.11 Å². The monoisotopic (exact) mass is 256 g/mol. The van der Waals surface area contributed by atoms with E-state index in [1.807, 2.05) is 0 Å². The lowest BCUT2D eigenvalue weighted by Gasteiger charge is -2.26. The number of aromatic nitrogens is 1. The number of nitrogens with zero attached hydrogens (tertiary/aromatic N) is 2. The molecule has 1 aromatic rings. The number of hydrogen-bond donors (Lipinski definition) is 2. The molecule has 0 atom stereocenters. The van der Waals surface area contributed by atoms with Gasteiger partial charge in [0.25, 0.3) is 0 Å². The van der Waals surface area contributed by atoms with Gasteiger partial charge in [0, 0.05) is 20.2 Å². The van der Waals surface area contributed by atoms with Crippen LogP contribution in [0, 0.1) is 5.41 Å². The second kappa shape index (κ2) is 5.44. The summed E-state index contributed by atoms with van der Waals surface area (Å²) in [5.74, 6) is 0.0501. The minimum Gasteiger partial charge on any atom is -0.383 e. The zero-order chi connectivity index (χ0) is 12.3. The van der Waals surface area contributed by atoms with Crippen molar-refractivity contribution in [3.05, 3.63) is 10.6 Å². The Labute approximate surface area is 104 Å². The summed E-state index contributed by atoms with van der Waals surface area (Å²) in [7, 11) is 1.61. The molecule has 1 aromatic heterocycles. The van der Waals surface area contributed by atoms with E-state index in [9.17, 15) is 0 Å². The third-order valence-corrected chi connectivity index (χ3v) is 3.69. The van der Waals surface area contributed by atoms with Crippen molar-refractivity contribution >= 4 is 22.3 Å². The van der Waals surface area contributed by atoms with Crippen LogP contribution < -0.4 is 10.6 Å². The van der Waals surface area contributed by atoms with Gasteiger partial charge in [-0.05, 0) is 0 Å². The Hall–Kier alpha value is -1.18. The maximum atomic E-state index is 7.53. The normalized spacial score (nSPS) is 16.2. The molecular formula is C10H16N4O2S. The quantitative estimate of drug-likeness (QED) is 0.602. The molecule has 1 aliphatic rings. The van der Waals surface area contributed by atoms with E-state index in [0.717, 1.165) is 23.9 Å². The molecule has 0 aromatic carbocycles. The number of amidine groups is 1. The van der Waals surface area contributed by atoms with Gasteiger partial charge in [0.2, 0.25) is 0 Å². The molecule has 0 radical (unpaired) electrons. The van der Waals surface area contributed by atoms with E-state index < -0.39 is 0 Å². The summed E-state index contributed by atoms with van der Waals surface area (Å²) < 4.78 is 10.4. The Kier molecular flexibility index (Phi) is 3.93. The highest BCUT2D eigenvalue weighted by Crippen LogP contribution is 2.27. The topological polar surface area (TPSA) is 84.5 Å². The summed E-state index contributed by atoms with van der Waals surface area (Å²) in [4.78, 5) is 7.34. The first-order valence-corrected chi connectivity index (χ1v) is 6.19. The van der Waals surface area contributed by atoms with Crippen molar-refractivity contribution in [3.8, 4) is 0 Å². The number of thiazole rings is 1. The lowest BCUT2D eigenvalue weighted by Crippen LogP contribution is -2.36. The number of methoxy groups -OCH3 is 1. The van der Waals surface area contributed by atoms with Crippen molar-refractivity contribution in [1.29, 1.82) is 5.41 Å². The predicted octanol–water partition coefficient (Wildman–Crippen LogP) is 0.410. The largest absolute Gasteiger partial charge is 0.383 e. The van der Waals surface area contributed by atoms with E-state index in [1.165, 1.54) is 11.3 Å². The summed E-state index contributed by atoms with van der Waals surface area (Å²) >= 11 is 1.44. The van der Waals surface area contributed by atoms with Gasteiger partial charge in [-0.1, -0.05) is 11.3 Å². The molecule has 0 amide bonds. The molecule has 0 bridgehead atoms. The summed E-state index contributed by atoms with van der Waals surface area (Å²) in [6.07, 6.45) is 0. The second-order valence-electron chi connectivity index (χ2n) is 3.72. The molecule has 1 saturated heterocycles. The third kappa shape index (κ3) is 2.74. The average molecular weight is 256 g/mol. The van der Waals surface area contributed by atoms with Gasteiger partial charge in [0.05, 0.1) is 30.4 Å². The molecule has 6 nitrogen and oxygen atoms in total. The zero-order valence-corrected chi connectivity index (χ0v) is 10.5. The van der Waals surface area contributed by atoms with Gasteiger partial charge >= 0.3 is 0 Å². The van der Waals surface area contributed by atoms with Gasteiger partial charge in [-0.3, -0.25) is 5.41 Å². The fraction of sp³-hybridized carbons (Fsp3) is 0.600. The van der Waals surface area contributed by atoms with Gasteiger partial charge in [-0.2, -0.15) is 0 Å². The fourth-order valence-electron chi connectivity index (χ4n) is 1.67. The third-order valence-electron chi connectivity index (χ3n) is 2.49. The van der Waals surface area contributed by atoms with Crippen LogP contribution in [0.5, 0.6) is 0 Å². The van der Waals surface area contributed by atoms with Crippen LogP contribution in [0.2, 0.25) is 0 Å². The number of anilines is 1. The Morgan fingerprint density at radius 2 is 2.29 bits per heavy atom. The maximum Gasteiger partial charge on any atom is 0.186 e. The minimum absolute atomic E-state index is 0.0501. The maximum absolute atomic E-state index is 7.53. The van der Waals surface area contributed by atoms with Crippen molar-refractivity contribution in [2.45, 2.75) is 6.61 Å². The molecule has 3 N–H and O–H groups in total. The molecule has 0 saturated carbocycles. The van der Waals surface area contributed by atoms with Crippen LogP contribution in [-0.2, 0) is 16.1 Å². The van der Waals surface area contributed by atoms with Gasteiger partial charge < -0.3 is 20.1 Å². The fourth-order valence-corrected chi connectivity index (χ4v) is 2.66. The van der Waals surface area contributed by atoms with Gasteiger partial charge in [0.15, 0.2) is 5.13 Å². The van der Waals surface area contributed by atoms with Gasteiger partial charge in [-0.25, -0.2) is 4.98 Å². The summed E-state index contributed by atoms with van der Waals surface area (Å²) in [6, 6.07) is 0. The molecule has 1 fully saturated rings. The average Bonchev–Trinajstić information content (AvgIpc) is 2.75. The molecule has 0 spiro atoms. The van der Waals surface area contributed by atoms with Crippen LogP contribution in [0.1, 0.15) is 10.6 Å². The molecule has 7 heteroatoms. The number of nitrogen functional groups attached to an aromatic ring is 1. The van der Waals surface area contributed by atoms with Crippen LogP contribution in [0.25, 0.3) is 0 Å². The summed E-state index contributed by atoms with van der Waals surface area (Å²) in [5, 5.41) is 8.43. The smallest absolute Gasteiger partial charge is 0.186 e. The molecule has 0 unspecified atom stereocenters. The first-order valence-electron chi connectivity index (χ1n) is 5.38. The van der Waals surface area contributed by atoms with E-state index in [4.69, 9.17) is 20.6 Å². The predicted molar refractivity (Wildman–Crippen MR) is 66.9 cm³/mol. The number of nitrogens with two attached hydrogens (primary N) is 1. The Morgan fingerprint density at radius 3 is 2.88 bits per heavy atom. The molecule has 94 valence electrons.